The van der Waals surface area contributed by atoms with E-state index in [1.54, 1.807) is 0 Å². The van der Waals surface area contributed by atoms with Crippen molar-refractivity contribution < 1.29 is 0 Å². The molecule has 2 heterocycles. The first-order valence-corrected chi connectivity index (χ1v) is 9.30. The molecule has 2 rings (SSSR count). The van der Waals surface area contributed by atoms with E-state index < -0.39 is 0 Å². The van der Waals surface area contributed by atoms with Crippen LogP contribution >= 0.6 is 22.7 Å². The Morgan fingerprint density at radius 1 is 1.38 bits per heavy atom. The van der Waals surface area contributed by atoms with Gasteiger partial charge in [-0.05, 0) is 37.8 Å². The molecule has 3 nitrogen and oxygen atoms in total. The molecule has 0 fully saturated rings. The van der Waals surface area contributed by atoms with Crippen LogP contribution in [0.15, 0.2) is 17.5 Å². The quantitative estimate of drug-likeness (QED) is 0.777. The first kappa shape index (κ1) is 16.5. The molecule has 21 heavy (non-hydrogen) atoms. The minimum Gasteiger partial charge on any atom is -0.343 e. The van der Waals surface area contributed by atoms with Gasteiger partial charge in [0.15, 0.2) is 5.13 Å². The summed E-state index contributed by atoms with van der Waals surface area (Å²) in [6.45, 7) is 9.57. The van der Waals surface area contributed by atoms with E-state index in [0.29, 0.717) is 5.92 Å². The number of hydrogen-bond donors (Lipinski definition) is 1. The van der Waals surface area contributed by atoms with E-state index in [-0.39, 0.29) is 0 Å². The minimum absolute atomic E-state index is 0.527. The molecular weight excluding hydrogens is 298 g/mol. The fraction of sp³-hybridized carbons (Fsp3) is 0.562. The Morgan fingerprint density at radius 2 is 2.19 bits per heavy atom. The Bertz CT molecular complexity index is 534. The monoisotopic (exact) mass is 323 g/mol. The molecule has 0 bridgehead atoms. The van der Waals surface area contributed by atoms with Crippen LogP contribution in [-0.2, 0) is 13.1 Å². The van der Waals surface area contributed by atoms with Crippen LogP contribution in [0.25, 0.3) is 0 Å². The third-order valence-corrected chi connectivity index (χ3v) is 5.70. The third-order valence-electron chi connectivity index (χ3n) is 3.71. The standard InChI is InChI=1S/C16H25N3S2/c1-5-12(3)15-14(10-17-4)21-16(18-15)19(6-2)11-13-8-7-9-20-13/h7-9,12,17H,5-6,10-11H2,1-4H3. The second-order valence-electron chi connectivity index (χ2n) is 5.24. The summed E-state index contributed by atoms with van der Waals surface area (Å²) >= 11 is 3.66. The number of anilines is 1. The lowest BCUT2D eigenvalue weighted by atomic mass is 10.0. The average molecular weight is 324 g/mol. The van der Waals surface area contributed by atoms with Crippen molar-refractivity contribution in [1.29, 1.82) is 0 Å². The molecule has 5 heteroatoms. The van der Waals surface area contributed by atoms with Gasteiger partial charge in [-0.3, -0.25) is 0 Å². The Hall–Kier alpha value is -0.910. The molecule has 0 aliphatic heterocycles. The molecular formula is C16H25N3S2. The number of aromatic nitrogens is 1. The average Bonchev–Trinajstić information content (AvgIpc) is 3.14. The molecule has 1 N–H and O–H groups in total. The molecule has 0 saturated carbocycles. The summed E-state index contributed by atoms with van der Waals surface area (Å²) < 4.78 is 0. The molecule has 0 aliphatic rings. The highest BCUT2D eigenvalue weighted by atomic mass is 32.1. The zero-order chi connectivity index (χ0) is 15.2. The van der Waals surface area contributed by atoms with Gasteiger partial charge in [0.25, 0.3) is 0 Å². The van der Waals surface area contributed by atoms with E-state index >= 15 is 0 Å². The van der Waals surface area contributed by atoms with Gasteiger partial charge in [-0.25, -0.2) is 4.98 Å². The van der Waals surface area contributed by atoms with Crippen LogP contribution in [0, 0.1) is 0 Å². The van der Waals surface area contributed by atoms with Gasteiger partial charge in [-0.2, -0.15) is 0 Å². The maximum absolute atomic E-state index is 4.96. The molecule has 0 aromatic carbocycles. The Balaban J connectivity index is 2.24. The highest BCUT2D eigenvalue weighted by Crippen LogP contribution is 2.33. The molecule has 0 radical (unpaired) electrons. The van der Waals surface area contributed by atoms with Gasteiger partial charge in [0, 0.05) is 22.8 Å². The Kier molecular flexibility index (Phi) is 6.21. The SMILES string of the molecule is CCC(C)c1nc(N(CC)Cc2cccs2)sc1CNC. The maximum atomic E-state index is 4.96. The van der Waals surface area contributed by atoms with E-state index in [9.17, 15) is 0 Å². The minimum atomic E-state index is 0.527. The molecule has 1 unspecified atom stereocenters. The topological polar surface area (TPSA) is 28.2 Å². The number of nitrogens with zero attached hydrogens (tertiary/aromatic N) is 2. The number of hydrogen-bond acceptors (Lipinski definition) is 5. The predicted molar refractivity (Wildman–Crippen MR) is 94.6 cm³/mol. The van der Waals surface area contributed by atoms with Crippen molar-refractivity contribution in [2.24, 2.45) is 0 Å². The van der Waals surface area contributed by atoms with Gasteiger partial charge in [0.05, 0.1) is 12.2 Å². The fourth-order valence-electron chi connectivity index (χ4n) is 2.26. The van der Waals surface area contributed by atoms with Crippen molar-refractivity contribution in [3.63, 3.8) is 0 Å². The van der Waals surface area contributed by atoms with Gasteiger partial charge in [-0.15, -0.1) is 22.7 Å². The zero-order valence-electron chi connectivity index (χ0n) is 13.3. The van der Waals surface area contributed by atoms with E-state index in [4.69, 9.17) is 4.98 Å². The largest absolute Gasteiger partial charge is 0.343 e. The van der Waals surface area contributed by atoms with Gasteiger partial charge in [0.1, 0.15) is 0 Å². The van der Waals surface area contributed by atoms with E-state index in [2.05, 4.69) is 48.5 Å². The van der Waals surface area contributed by atoms with E-state index in [1.165, 1.54) is 15.4 Å². The molecule has 0 amide bonds. The van der Waals surface area contributed by atoms with Gasteiger partial charge in [-0.1, -0.05) is 19.9 Å². The smallest absolute Gasteiger partial charge is 0.186 e. The van der Waals surface area contributed by atoms with Crippen molar-refractivity contribution in [2.75, 3.05) is 18.5 Å². The molecule has 2 aromatic rings. The Morgan fingerprint density at radius 3 is 2.76 bits per heavy atom. The van der Waals surface area contributed by atoms with Crippen LogP contribution in [0.3, 0.4) is 0 Å². The Labute approximate surface area is 136 Å². The molecule has 0 saturated heterocycles. The van der Waals surface area contributed by atoms with Gasteiger partial charge >= 0.3 is 0 Å². The molecule has 1 atom stereocenters. The number of thiophene rings is 1. The maximum Gasteiger partial charge on any atom is 0.186 e. The first-order valence-electron chi connectivity index (χ1n) is 7.61. The lowest BCUT2D eigenvalue weighted by molar-refractivity contribution is 0.691. The summed E-state index contributed by atoms with van der Waals surface area (Å²) in [6.07, 6.45) is 1.14. The van der Waals surface area contributed by atoms with Crippen molar-refractivity contribution in [1.82, 2.24) is 10.3 Å². The summed E-state index contributed by atoms with van der Waals surface area (Å²) in [7, 11) is 2.00. The lowest BCUT2D eigenvalue weighted by Crippen LogP contribution is -2.21. The van der Waals surface area contributed by atoms with Crippen LogP contribution in [0.1, 0.15) is 48.6 Å². The number of rotatable bonds is 8. The van der Waals surface area contributed by atoms with Crippen LogP contribution in [-0.4, -0.2) is 18.6 Å². The summed E-state index contributed by atoms with van der Waals surface area (Å²) in [4.78, 5) is 10.1. The van der Waals surface area contributed by atoms with Crippen LogP contribution in [0.2, 0.25) is 0 Å². The second-order valence-corrected chi connectivity index (χ2v) is 7.33. The van der Waals surface area contributed by atoms with Crippen molar-refractivity contribution in [2.45, 2.75) is 46.2 Å². The molecule has 0 spiro atoms. The first-order chi connectivity index (χ1) is 10.2. The summed E-state index contributed by atoms with van der Waals surface area (Å²) in [6, 6.07) is 4.32. The van der Waals surface area contributed by atoms with Crippen LogP contribution < -0.4 is 10.2 Å². The predicted octanol–water partition coefficient (Wildman–Crippen LogP) is 4.46. The second kappa shape index (κ2) is 7.92. The van der Waals surface area contributed by atoms with Crippen molar-refractivity contribution in [3.05, 3.63) is 33.0 Å². The van der Waals surface area contributed by atoms with Crippen LogP contribution in [0.4, 0.5) is 5.13 Å². The number of nitrogens with one attached hydrogen (secondary N) is 1. The molecule has 116 valence electrons. The van der Waals surface area contributed by atoms with Gasteiger partial charge in [0.2, 0.25) is 0 Å². The van der Waals surface area contributed by atoms with Crippen LogP contribution in [0.5, 0.6) is 0 Å². The molecule has 0 aliphatic carbocycles. The van der Waals surface area contributed by atoms with Gasteiger partial charge < -0.3 is 10.2 Å². The summed E-state index contributed by atoms with van der Waals surface area (Å²) in [5.74, 6) is 0.527. The summed E-state index contributed by atoms with van der Waals surface area (Å²) in [5.41, 5.74) is 1.27. The lowest BCUT2D eigenvalue weighted by Gasteiger charge is -2.18. The highest BCUT2D eigenvalue weighted by molar-refractivity contribution is 7.15. The zero-order valence-corrected chi connectivity index (χ0v) is 15.0. The van der Waals surface area contributed by atoms with E-state index in [0.717, 1.165) is 31.2 Å². The third kappa shape index (κ3) is 4.05. The van der Waals surface area contributed by atoms with Crippen molar-refractivity contribution >= 4 is 27.8 Å². The normalized spacial score (nSPS) is 12.6. The summed E-state index contributed by atoms with van der Waals surface area (Å²) in [5, 5.41) is 6.57. The fourth-order valence-corrected chi connectivity index (χ4v) is 4.23. The highest BCUT2D eigenvalue weighted by Gasteiger charge is 2.18. The molecule has 2 aromatic heterocycles. The number of thiazole rings is 1. The van der Waals surface area contributed by atoms with E-state index in [1.807, 2.05) is 29.7 Å². The van der Waals surface area contributed by atoms with Crippen molar-refractivity contribution in [3.8, 4) is 0 Å².